The van der Waals surface area contributed by atoms with E-state index in [1.165, 1.54) is 0 Å². The molecule has 0 saturated carbocycles. The average Bonchev–Trinajstić information content (AvgIpc) is 2.96. The monoisotopic (exact) mass is 360 g/mol. The Morgan fingerprint density at radius 1 is 1.04 bits per heavy atom. The number of aryl methyl sites for hydroxylation is 1. The maximum absolute atomic E-state index is 12.1. The number of amides is 1. The number of benzene rings is 2. The summed E-state index contributed by atoms with van der Waals surface area (Å²) < 4.78 is 2.18. The van der Waals surface area contributed by atoms with Crippen molar-refractivity contribution in [1.29, 1.82) is 0 Å². The van der Waals surface area contributed by atoms with Gasteiger partial charge in [0.2, 0.25) is 0 Å². The number of aromatic nitrogens is 1. The summed E-state index contributed by atoms with van der Waals surface area (Å²) in [6, 6.07) is 19.5. The Bertz CT molecular complexity index is 954. The minimum atomic E-state index is -0.222. The Kier molecular flexibility index (Phi) is 5.41. The van der Waals surface area contributed by atoms with Crippen LogP contribution < -0.4 is 10.3 Å². The summed E-state index contributed by atoms with van der Waals surface area (Å²) in [5, 5.41) is 4.12. The van der Waals surface area contributed by atoms with Crippen LogP contribution in [-0.2, 0) is 0 Å². The van der Waals surface area contributed by atoms with E-state index in [1.54, 1.807) is 18.3 Å². The van der Waals surface area contributed by atoms with Crippen molar-refractivity contribution < 1.29 is 4.79 Å². The summed E-state index contributed by atoms with van der Waals surface area (Å²) in [6.45, 7) is 4.11. The number of anilines is 1. The lowest BCUT2D eigenvalue weighted by Crippen LogP contribution is -2.17. The maximum Gasteiger partial charge on any atom is 0.271 e. The molecule has 0 spiro atoms. The molecule has 0 aliphatic heterocycles. The van der Waals surface area contributed by atoms with Crippen LogP contribution in [0.1, 0.15) is 27.3 Å². The zero-order valence-corrected chi connectivity index (χ0v) is 16.1. The highest BCUT2D eigenvalue weighted by molar-refractivity contribution is 5.94. The summed E-state index contributed by atoms with van der Waals surface area (Å²) >= 11 is 0. The number of nitrogens with zero attached hydrogens (tertiary/aromatic N) is 3. The smallest absolute Gasteiger partial charge is 0.271 e. The SMILES string of the molecule is Cc1cc(/C=N\NC(=O)c2ccccc2)c(C)n1-c1ccc(N(C)C)cc1. The van der Waals surface area contributed by atoms with Gasteiger partial charge in [-0.1, -0.05) is 18.2 Å². The normalized spacial score (nSPS) is 11.0. The fourth-order valence-electron chi connectivity index (χ4n) is 3.03. The van der Waals surface area contributed by atoms with Gasteiger partial charge in [-0.05, 0) is 56.3 Å². The Morgan fingerprint density at radius 3 is 2.33 bits per heavy atom. The van der Waals surface area contributed by atoms with Crippen LogP contribution in [0.3, 0.4) is 0 Å². The molecular formula is C22H24N4O. The first kappa shape index (κ1) is 18.5. The molecule has 138 valence electrons. The van der Waals surface area contributed by atoms with Gasteiger partial charge in [-0.2, -0.15) is 5.10 Å². The summed E-state index contributed by atoms with van der Waals surface area (Å²) in [4.78, 5) is 14.1. The molecule has 27 heavy (non-hydrogen) atoms. The Labute approximate surface area is 159 Å². The molecule has 0 saturated heterocycles. The van der Waals surface area contributed by atoms with Crippen LogP contribution in [0.2, 0.25) is 0 Å². The van der Waals surface area contributed by atoms with Gasteiger partial charge >= 0.3 is 0 Å². The van der Waals surface area contributed by atoms with Gasteiger partial charge in [-0.3, -0.25) is 4.79 Å². The molecule has 0 unspecified atom stereocenters. The lowest BCUT2D eigenvalue weighted by molar-refractivity contribution is 0.0955. The molecule has 1 N–H and O–H groups in total. The van der Waals surface area contributed by atoms with Crippen molar-refractivity contribution in [2.24, 2.45) is 5.10 Å². The van der Waals surface area contributed by atoms with Gasteiger partial charge in [0.1, 0.15) is 0 Å². The first-order chi connectivity index (χ1) is 13.0. The zero-order chi connectivity index (χ0) is 19.4. The third-order valence-corrected chi connectivity index (χ3v) is 4.50. The van der Waals surface area contributed by atoms with Gasteiger partial charge in [0.15, 0.2) is 0 Å². The topological polar surface area (TPSA) is 49.6 Å². The molecule has 0 atom stereocenters. The van der Waals surface area contributed by atoms with Gasteiger partial charge in [0, 0.05) is 48.0 Å². The van der Waals surface area contributed by atoms with E-state index in [2.05, 4.69) is 57.2 Å². The third kappa shape index (κ3) is 4.08. The minimum absolute atomic E-state index is 0.222. The van der Waals surface area contributed by atoms with E-state index in [0.717, 1.165) is 28.3 Å². The second kappa shape index (κ2) is 7.91. The largest absolute Gasteiger partial charge is 0.378 e. The molecule has 1 amide bonds. The van der Waals surface area contributed by atoms with Crippen LogP contribution in [0.25, 0.3) is 5.69 Å². The van der Waals surface area contributed by atoms with Crippen molar-refractivity contribution in [3.8, 4) is 5.69 Å². The summed E-state index contributed by atoms with van der Waals surface area (Å²) in [5.74, 6) is -0.222. The fourth-order valence-corrected chi connectivity index (χ4v) is 3.03. The van der Waals surface area contributed by atoms with E-state index in [-0.39, 0.29) is 5.91 Å². The van der Waals surface area contributed by atoms with Crippen molar-refractivity contribution in [3.05, 3.63) is 83.2 Å². The molecule has 1 aromatic heterocycles. The van der Waals surface area contributed by atoms with E-state index in [4.69, 9.17) is 0 Å². The van der Waals surface area contributed by atoms with Crippen LogP contribution in [0, 0.1) is 13.8 Å². The Balaban J connectivity index is 1.78. The van der Waals surface area contributed by atoms with Crippen LogP contribution in [0.5, 0.6) is 0 Å². The number of rotatable bonds is 5. The average molecular weight is 360 g/mol. The highest BCUT2D eigenvalue weighted by Crippen LogP contribution is 2.22. The lowest BCUT2D eigenvalue weighted by atomic mass is 10.2. The van der Waals surface area contributed by atoms with Gasteiger partial charge in [0.25, 0.3) is 5.91 Å². The van der Waals surface area contributed by atoms with Gasteiger partial charge < -0.3 is 9.47 Å². The first-order valence-electron chi connectivity index (χ1n) is 8.82. The molecule has 2 aromatic carbocycles. The summed E-state index contributed by atoms with van der Waals surface area (Å²) in [6.07, 6.45) is 1.69. The van der Waals surface area contributed by atoms with Crippen molar-refractivity contribution in [1.82, 2.24) is 9.99 Å². The van der Waals surface area contributed by atoms with Crippen molar-refractivity contribution in [2.75, 3.05) is 19.0 Å². The number of carbonyl (C=O) groups excluding carboxylic acids is 1. The van der Waals surface area contributed by atoms with Gasteiger partial charge in [-0.25, -0.2) is 5.43 Å². The van der Waals surface area contributed by atoms with Crippen LogP contribution in [0.15, 0.2) is 65.8 Å². The third-order valence-electron chi connectivity index (χ3n) is 4.50. The first-order valence-corrected chi connectivity index (χ1v) is 8.82. The standard InChI is InChI=1S/C22H24N4O/c1-16-14-19(15-23-24-22(27)18-8-6-5-7-9-18)17(2)26(16)21-12-10-20(11-13-21)25(3)4/h5-15H,1-4H3,(H,24,27)/b23-15-. The lowest BCUT2D eigenvalue weighted by Gasteiger charge is -2.14. The van der Waals surface area contributed by atoms with Gasteiger partial charge in [-0.15, -0.1) is 0 Å². The molecule has 5 nitrogen and oxygen atoms in total. The predicted molar refractivity (Wildman–Crippen MR) is 111 cm³/mol. The Morgan fingerprint density at radius 2 is 1.70 bits per heavy atom. The number of carbonyl (C=O) groups is 1. The van der Waals surface area contributed by atoms with E-state index in [1.807, 2.05) is 39.2 Å². The highest BCUT2D eigenvalue weighted by Gasteiger charge is 2.10. The predicted octanol–water partition coefficient (Wildman–Crippen LogP) is 3.92. The molecule has 0 aliphatic rings. The van der Waals surface area contributed by atoms with E-state index in [0.29, 0.717) is 5.56 Å². The summed E-state index contributed by atoms with van der Waals surface area (Å²) in [7, 11) is 4.05. The maximum atomic E-state index is 12.1. The quantitative estimate of drug-likeness (QED) is 0.554. The van der Waals surface area contributed by atoms with Crippen LogP contribution in [0.4, 0.5) is 5.69 Å². The highest BCUT2D eigenvalue weighted by atomic mass is 16.2. The van der Waals surface area contributed by atoms with Crippen LogP contribution >= 0.6 is 0 Å². The second-order valence-electron chi connectivity index (χ2n) is 6.64. The van der Waals surface area contributed by atoms with E-state index < -0.39 is 0 Å². The molecule has 3 aromatic rings. The molecular weight excluding hydrogens is 336 g/mol. The number of nitrogens with one attached hydrogen (secondary N) is 1. The number of hydrogen-bond donors (Lipinski definition) is 1. The number of hydrazone groups is 1. The molecule has 3 rings (SSSR count). The number of hydrogen-bond acceptors (Lipinski definition) is 3. The molecule has 5 heteroatoms. The fraction of sp³-hybridized carbons (Fsp3) is 0.182. The molecule has 0 fully saturated rings. The summed E-state index contributed by atoms with van der Waals surface area (Å²) in [5.41, 5.74) is 8.58. The molecule has 1 heterocycles. The van der Waals surface area contributed by atoms with E-state index >= 15 is 0 Å². The van der Waals surface area contributed by atoms with E-state index in [9.17, 15) is 4.79 Å². The molecule has 0 radical (unpaired) electrons. The van der Waals surface area contributed by atoms with Gasteiger partial charge in [0.05, 0.1) is 6.21 Å². The molecule has 0 bridgehead atoms. The van der Waals surface area contributed by atoms with Crippen molar-refractivity contribution >= 4 is 17.8 Å². The van der Waals surface area contributed by atoms with Crippen molar-refractivity contribution in [3.63, 3.8) is 0 Å². The zero-order valence-electron chi connectivity index (χ0n) is 16.1. The van der Waals surface area contributed by atoms with Crippen molar-refractivity contribution in [2.45, 2.75) is 13.8 Å². The Hall–Kier alpha value is -3.34. The second-order valence-corrected chi connectivity index (χ2v) is 6.64. The molecule has 0 aliphatic carbocycles. The minimum Gasteiger partial charge on any atom is -0.378 e. The van der Waals surface area contributed by atoms with Crippen LogP contribution in [-0.4, -0.2) is 30.8 Å².